The summed E-state index contributed by atoms with van der Waals surface area (Å²) in [5.41, 5.74) is 4.84. The molecule has 3 aromatic carbocycles. The first-order valence-corrected chi connectivity index (χ1v) is 11.4. The molecule has 31 heavy (non-hydrogen) atoms. The van der Waals surface area contributed by atoms with Gasteiger partial charge in [0.2, 0.25) is 0 Å². The van der Waals surface area contributed by atoms with Crippen molar-refractivity contribution in [3.05, 3.63) is 78.4 Å². The molecule has 0 atom stereocenters. The third-order valence-electron chi connectivity index (χ3n) is 5.16. The highest BCUT2D eigenvalue weighted by molar-refractivity contribution is 7.86. The molecule has 0 bridgehead atoms. The zero-order valence-corrected chi connectivity index (χ0v) is 18.6. The van der Waals surface area contributed by atoms with E-state index in [2.05, 4.69) is 0 Å². The van der Waals surface area contributed by atoms with Crippen molar-refractivity contribution in [1.29, 1.82) is 0 Å². The van der Waals surface area contributed by atoms with Crippen LogP contribution in [0, 0.1) is 6.92 Å². The van der Waals surface area contributed by atoms with Gasteiger partial charge in [-0.05, 0) is 55.5 Å². The minimum atomic E-state index is -3.82. The fourth-order valence-electron chi connectivity index (χ4n) is 3.44. The number of fused-ring (bicyclic) bond motifs is 1. The van der Waals surface area contributed by atoms with Gasteiger partial charge in [0.15, 0.2) is 0 Å². The van der Waals surface area contributed by atoms with Crippen molar-refractivity contribution in [3.63, 3.8) is 0 Å². The van der Waals surface area contributed by atoms with E-state index in [9.17, 15) is 8.42 Å². The van der Waals surface area contributed by atoms with E-state index in [1.165, 1.54) is 0 Å². The van der Waals surface area contributed by atoms with Crippen LogP contribution in [0.25, 0.3) is 22.4 Å². The number of aryl methyl sites for hydroxylation is 1. The number of hydrogen-bond acceptors (Lipinski definition) is 5. The third kappa shape index (κ3) is 4.47. The molecule has 0 amide bonds. The van der Waals surface area contributed by atoms with Gasteiger partial charge in [-0.3, -0.25) is 4.18 Å². The summed E-state index contributed by atoms with van der Waals surface area (Å²) in [4.78, 5) is 6.98. The highest BCUT2D eigenvalue weighted by Crippen LogP contribution is 2.26. The average Bonchev–Trinajstić information content (AvgIpc) is 3.13. The van der Waals surface area contributed by atoms with Crippen LogP contribution in [0.3, 0.4) is 0 Å². The molecule has 0 aliphatic carbocycles. The Balaban J connectivity index is 1.61. The average molecular weight is 436 g/mol. The van der Waals surface area contributed by atoms with Gasteiger partial charge in [-0.2, -0.15) is 8.42 Å². The number of imidazole rings is 1. The molecule has 4 rings (SSSR count). The van der Waals surface area contributed by atoms with Crippen LogP contribution in [0.4, 0.5) is 5.69 Å². The molecule has 0 aliphatic heterocycles. The van der Waals surface area contributed by atoms with E-state index in [-0.39, 0.29) is 11.5 Å². The van der Waals surface area contributed by atoms with Gasteiger partial charge in [0.25, 0.3) is 10.1 Å². The number of rotatable bonds is 7. The van der Waals surface area contributed by atoms with Gasteiger partial charge in [-0.25, -0.2) is 4.98 Å². The first-order chi connectivity index (χ1) is 14.8. The molecular formula is C24H25N3O3S. The molecule has 1 aromatic heterocycles. The summed E-state index contributed by atoms with van der Waals surface area (Å²) < 4.78 is 32.4. The molecule has 7 heteroatoms. The number of hydrogen-bond donors (Lipinski definition) is 0. The highest BCUT2D eigenvalue weighted by Gasteiger charge is 2.17. The molecular weight excluding hydrogens is 410 g/mol. The van der Waals surface area contributed by atoms with Gasteiger partial charge < -0.3 is 9.47 Å². The van der Waals surface area contributed by atoms with Crippen LogP contribution in [0.15, 0.2) is 77.7 Å². The van der Waals surface area contributed by atoms with Crippen molar-refractivity contribution >= 4 is 26.8 Å². The molecule has 0 fully saturated rings. The van der Waals surface area contributed by atoms with Crippen LogP contribution in [0.5, 0.6) is 0 Å². The maximum absolute atomic E-state index is 12.5. The van der Waals surface area contributed by atoms with Crippen LogP contribution >= 0.6 is 0 Å². The summed E-state index contributed by atoms with van der Waals surface area (Å²) in [6, 6.07) is 22.6. The van der Waals surface area contributed by atoms with Gasteiger partial charge in [-0.1, -0.05) is 29.8 Å². The summed E-state index contributed by atoms with van der Waals surface area (Å²) in [5.74, 6) is 0.780. The van der Waals surface area contributed by atoms with Crippen LogP contribution in [-0.2, 0) is 20.8 Å². The highest BCUT2D eigenvalue weighted by atomic mass is 32.2. The minimum Gasteiger partial charge on any atom is -0.378 e. The Morgan fingerprint density at radius 2 is 1.61 bits per heavy atom. The Morgan fingerprint density at radius 1 is 0.935 bits per heavy atom. The molecule has 0 saturated carbocycles. The van der Waals surface area contributed by atoms with Crippen LogP contribution in [0.2, 0.25) is 0 Å². The Hall–Kier alpha value is -3.16. The van der Waals surface area contributed by atoms with Crippen LogP contribution in [0.1, 0.15) is 5.56 Å². The quantitative estimate of drug-likeness (QED) is 0.401. The summed E-state index contributed by atoms with van der Waals surface area (Å²) >= 11 is 0. The van der Waals surface area contributed by atoms with Crippen molar-refractivity contribution < 1.29 is 12.6 Å². The second-order valence-electron chi connectivity index (χ2n) is 7.61. The molecule has 4 aromatic rings. The van der Waals surface area contributed by atoms with Gasteiger partial charge in [0.1, 0.15) is 5.82 Å². The molecule has 0 spiro atoms. The lowest BCUT2D eigenvalue weighted by atomic mass is 10.2. The van der Waals surface area contributed by atoms with E-state index < -0.39 is 10.1 Å². The van der Waals surface area contributed by atoms with Crippen molar-refractivity contribution in [3.8, 4) is 11.4 Å². The van der Waals surface area contributed by atoms with E-state index in [1.54, 1.807) is 24.3 Å². The molecule has 160 valence electrons. The van der Waals surface area contributed by atoms with Crippen molar-refractivity contribution in [2.45, 2.75) is 18.4 Å². The maximum atomic E-state index is 12.5. The van der Waals surface area contributed by atoms with Crippen LogP contribution < -0.4 is 4.90 Å². The number of benzene rings is 3. The topological polar surface area (TPSA) is 64.4 Å². The van der Waals surface area contributed by atoms with E-state index in [1.807, 2.05) is 79.0 Å². The molecule has 0 saturated heterocycles. The second kappa shape index (κ2) is 8.53. The molecule has 0 aliphatic rings. The summed E-state index contributed by atoms with van der Waals surface area (Å²) in [7, 11) is 0.177. The molecule has 0 radical (unpaired) electrons. The second-order valence-corrected chi connectivity index (χ2v) is 9.22. The minimum absolute atomic E-state index is 0.0132. The van der Waals surface area contributed by atoms with E-state index in [0.29, 0.717) is 6.54 Å². The molecule has 1 heterocycles. The Kier molecular flexibility index (Phi) is 5.80. The summed E-state index contributed by atoms with van der Waals surface area (Å²) in [6.07, 6.45) is 0. The summed E-state index contributed by atoms with van der Waals surface area (Å²) in [5, 5.41) is 0. The van der Waals surface area contributed by atoms with Gasteiger partial charge in [0.05, 0.1) is 22.5 Å². The lowest BCUT2D eigenvalue weighted by Crippen LogP contribution is -2.13. The van der Waals surface area contributed by atoms with Crippen molar-refractivity contribution in [1.82, 2.24) is 9.55 Å². The number of aromatic nitrogens is 2. The lowest BCUT2D eigenvalue weighted by Gasteiger charge is -2.14. The third-order valence-corrected chi connectivity index (χ3v) is 6.49. The zero-order valence-electron chi connectivity index (χ0n) is 17.8. The first-order valence-electron chi connectivity index (χ1n) is 10.0. The Morgan fingerprint density at radius 3 is 2.29 bits per heavy atom. The number of para-hydroxylation sites is 2. The molecule has 0 unspecified atom stereocenters. The van der Waals surface area contributed by atoms with Gasteiger partial charge in [0, 0.05) is 31.9 Å². The van der Waals surface area contributed by atoms with E-state index in [4.69, 9.17) is 9.17 Å². The predicted molar refractivity (Wildman–Crippen MR) is 124 cm³/mol. The van der Waals surface area contributed by atoms with Crippen LogP contribution in [-0.4, -0.2) is 38.7 Å². The fourth-order valence-corrected chi connectivity index (χ4v) is 4.34. The van der Waals surface area contributed by atoms with Crippen molar-refractivity contribution in [2.75, 3.05) is 25.6 Å². The van der Waals surface area contributed by atoms with E-state index in [0.717, 1.165) is 33.7 Å². The molecule has 0 N–H and O–H groups in total. The maximum Gasteiger partial charge on any atom is 0.297 e. The lowest BCUT2D eigenvalue weighted by molar-refractivity contribution is 0.303. The SMILES string of the molecule is Cc1ccc(S(=O)(=O)OCCn2c(-c3ccc(N(C)C)cc3)nc3ccccc32)cc1. The smallest absolute Gasteiger partial charge is 0.297 e. The fraction of sp³-hybridized carbons (Fsp3) is 0.208. The molecule has 6 nitrogen and oxygen atoms in total. The van der Waals surface area contributed by atoms with Crippen molar-refractivity contribution in [2.24, 2.45) is 0 Å². The number of anilines is 1. The normalized spacial score (nSPS) is 11.7. The van der Waals surface area contributed by atoms with Gasteiger partial charge in [-0.15, -0.1) is 0 Å². The van der Waals surface area contributed by atoms with E-state index >= 15 is 0 Å². The van der Waals surface area contributed by atoms with Gasteiger partial charge >= 0.3 is 0 Å². The monoisotopic (exact) mass is 435 g/mol. The number of nitrogens with zero attached hydrogens (tertiary/aromatic N) is 3. The summed E-state index contributed by atoms with van der Waals surface area (Å²) in [6.45, 7) is 2.28. The standard InChI is InChI=1S/C24H25N3O3S/c1-18-8-14-21(15-9-18)31(28,29)30-17-16-27-23-7-5-4-6-22(23)25-24(27)19-10-12-20(13-11-19)26(2)3/h4-15H,16-17H2,1-3H3. The Labute approximate surface area is 182 Å². The Bertz CT molecular complexity index is 1290. The zero-order chi connectivity index (χ0) is 22.0. The predicted octanol–water partition coefficient (Wildman–Crippen LogP) is 4.48. The first kappa shape index (κ1) is 21.1. The largest absolute Gasteiger partial charge is 0.378 e.